The van der Waals surface area contributed by atoms with Gasteiger partial charge in [-0.1, -0.05) is 32.0 Å². The highest BCUT2D eigenvalue weighted by atomic mass is 16.4. The molecule has 1 aromatic heterocycles. The lowest BCUT2D eigenvalue weighted by atomic mass is 10.1. The zero-order chi connectivity index (χ0) is 15.4. The first-order valence-corrected chi connectivity index (χ1v) is 7.31. The van der Waals surface area contributed by atoms with Gasteiger partial charge in [0.2, 0.25) is 0 Å². The predicted molar refractivity (Wildman–Crippen MR) is 84.2 cm³/mol. The zero-order valence-electron chi connectivity index (χ0n) is 12.8. The number of aromatic nitrogens is 1. The molecule has 0 aliphatic heterocycles. The minimum Gasteiger partial charge on any atom is -0.481 e. The maximum Gasteiger partial charge on any atom is 0.307 e. The van der Waals surface area contributed by atoms with Crippen molar-refractivity contribution in [3.63, 3.8) is 0 Å². The number of pyridine rings is 1. The van der Waals surface area contributed by atoms with Crippen LogP contribution in [0.15, 0.2) is 30.3 Å². The smallest absolute Gasteiger partial charge is 0.307 e. The van der Waals surface area contributed by atoms with Crippen LogP contribution in [0.4, 0.5) is 0 Å². The SMILES string of the molecule is CCN(Cc1cc(C)nc2ccccc12)CC(C)C(=O)O. The topological polar surface area (TPSA) is 53.4 Å². The molecule has 0 aliphatic rings. The van der Waals surface area contributed by atoms with Gasteiger partial charge in [-0.3, -0.25) is 14.7 Å². The normalized spacial score (nSPS) is 12.8. The van der Waals surface area contributed by atoms with Gasteiger partial charge in [0.25, 0.3) is 0 Å². The molecule has 1 N–H and O–H groups in total. The number of hydrogen-bond donors (Lipinski definition) is 1. The predicted octanol–water partition coefficient (Wildman–Crippen LogP) is 3.09. The third kappa shape index (κ3) is 3.79. The maximum atomic E-state index is 11.0. The van der Waals surface area contributed by atoms with Crippen LogP contribution in [0.5, 0.6) is 0 Å². The molecule has 0 amide bonds. The third-order valence-corrected chi connectivity index (χ3v) is 3.72. The van der Waals surface area contributed by atoms with Crippen molar-refractivity contribution in [3.8, 4) is 0 Å². The van der Waals surface area contributed by atoms with Crippen LogP contribution in [0.2, 0.25) is 0 Å². The van der Waals surface area contributed by atoms with Gasteiger partial charge in [0.05, 0.1) is 11.4 Å². The number of nitrogens with zero attached hydrogens (tertiary/aromatic N) is 2. The molecule has 112 valence electrons. The Bertz CT molecular complexity index is 640. The van der Waals surface area contributed by atoms with E-state index in [0.29, 0.717) is 6.54 Å². The number of hydrogen-bond acceptors (Lipinski definition) is 3. The van der Waals surface area contributed by atoms with Crippen LogP contribution in [-0.2, 0) is 11.3 Å². The van der Waals surface area contributed by atoms with E-state index in [2.05, 4.69) is 28.9 Å². The van der Waals surface area contributed by atoms with Gasteiger partial charge in [-0.15, -0.1) is 0 Å². The van der Waals surface area contributed by atoms with Crippen molar-refractivity contribution in [1.29, 1.82) is 0 Å². The molecule has 2 rings (SSSR count). The van der Waals surface area contributed by atoms with Crippen molar-refractivity contribution < 1.29 is 9.90 Å². The van der Waals surface area contributed by atoms with E-state index in [1.54, 1.807) is 6.92 Å². The molecule has 0 fully saturated rings. The molecule has 21 heavy (non-hydrogen) atoms. The molecule has 0 saturated carbocycles. The van der Waals surface area contributed by atoms with Gasteiger partial charge < -0.3 is 5.11 Å². The van der Waals surface area contributed by atoms with Gasteiger partial charge >= 0.3 is 5.97 Å². The highest BCUT2D eigenvalue weighted by molar-refractivity contribution is 5.82. The summed E-state index contributed by atoms with van der Waals surface area (Å²) in [5.74, 6) is -1.11. The zero-order valence-corrected chi connectivity index (χ0v) is 12.8. The lowest BCUT2D eigenvalue weighted by Gasteiger charge is -2.23. The van der Waals surface area contributed by atoms with Crippen LogP contribution in [-0.4, -0.2) is 34.0 Å². The van der Waals surface area contributed by atoms with Crippen LogP contribution < -0.4 is 0 Å². The van der Waals surface area contributed by atoms with E-state index in [-0.39, 0.29) is 5.92 Å². The molecule has 0 bridgehead atoms. The third-order valence-electron chi connectivity index (χ3n) is 3.72. The molecule has 2 aromatic rings. The van der Waals surface area contributed by atoms with Gasteiger partial charge in [0.15, 0.2) is 0 Å². The van der Waals surface area contributed by atoms with Gasteiger partial charge in [0, 0.05) is 24.2 Å². The van der Waals surface area contributed by atoms with Crippen molar-refractivity contribution >= 4 is 16.9 Å². The number of carboxylic acids is 1. The molecule has 4 nitrogen and oxygen atoms in total. The molecule has 0 spiro atoms. The average Bonchev–Trinajstić information content (AvgIpc) is 2.46. The first kappa shape index (κ1) is 15.4. The Morgan fingerprint density at radius 2 is 2.10 bits per heavy atom. The summed E-state index contributed by atoms with van der Waals surface area (Å²) in [5, 5.41) is 10.2. The number of aryl methyl sites for hydroxylation is 1. The summed E-state index contributed by atoms with van der Waals surface area (Å²) in [7, 11) is 0. The second-order valence-corrected chi connectivity index (χ2v) is 5.51. The summed E-state index contributed by atoms with van der Waals surface area (Å²) in [6.07, 6.45) is 0. The summed E-state index contributed by atoms with van der Waals surface area (Å²) in [4.78, 5) is 17.7. The minimum absolute atomic E-state index is 0.362. The van der Waals surface area contributed by atoms with Gasteiger partial charge in [0.1, 0.15) is 0 Å². The van der Waals surface area contributed by atoms with Crippen LogP contribution >= 0.6 is 0 Å². The number of carboxylic acid groups (broad SMARTS) is 1. The summed E-state index contributed by atoms with van der Waals surface area (Å²) in [6, 6.07) is 10.2. The molecular formula is C17H22N2O2. The standard InChI is InChI=1S/C17H22N2O2/c1-4-19(10-12(2)17(20)21)11-14-9-13(3)18-16-8-6-5-7-15(14)16/h5-9,12H,4,10-11H2,1-3H3,(H,20,21). The molecule has 1 aromatic carbocycles. The molecule has 0 saturated heterocycles. The van der Waals surface area contributed by atoms with Crippen molar-refractivity contribution in [2.75, 3.05) is 13.1 Å². The number of aliphatic carboxylic acids is 1. The number of para-hydroxylation sites is 1. The Hall–Kier alpha value is -1.94. The monoisotopic (exact) mass is 286 g/mol. The molecule has 0 radical (unpaired) electrons. The Kier molecular flexibility index (Phi) is 4.91. The molecule has 1 unspecified atom stereocenters. The molecule has 1 heterocycles. The summed E-state index contributed by atoms with van der Waals surface area (Å²) in [6.45, 7) is 7.94. The highest BCUT2D eigenvalue weighted by Crippen LogP contribution is 2.20. The van der Waals surface area contributed by atoms with E-state index in [4.69, 9.17) is 5.11 Å². The van der Waals surface area contributed by atoms with E-state index in [9.17, 15) is 4.79 Å². The van der Waals surface area contributed by atoms with E-state index >= 15 is 0 Å². The first-order chi connectivity index (χ1) is 10.0. The number of benzene rings is 1. The van der Waals surface area contributed by atoms with Crippen molar-refractivity contribution in [3.05, 3.63) is 41.6 Å². The highest BCUT2D eigenvalue weighted by Gasteiger charge is 2.16. The molecule has 4 heteroatoms. The molecule has 0 aliphatic carbocycles. The van der Waals surface area contributed by atoms with Crippen LogP contribution in [0, 0.1) is 12.8 Å². The lowest BCUT2D eigenvalue weighted by molar-refractivity contribution is -0.141. The minimum atomic E-state index is -0.746. The Morgan fingerprint density at radius 3 is 2.76 bits per heavy atom. The second-order valence-electron chi connectivity index (χ2n) is 5.51. The van der Waals surface area contributed by atoms with Crippen molar-refractivity contribution in [1.82, 2.24) is 9.88 Å². The summed E-state index contributed by atoms with van der Waals surface area (Å²) in [5.41, 5.74) is 3.19. The van der Waals surface area contributed by atoms with E-state index in [1.807, 2.05) is 25.1 Å². The maximum absolute atomic E-state index is 11.0. The van der Waals surface area contributed by atoms with Crippen LogP contribution in [0.25, 0.3) is 10.9 Å². The van der Waals surface area contributed by atoms with E-state index in [0.717, 1.165) is 29.7 Å². The quantitative estimate of drug-likeness (QED) is 0.886. The van der Waals surface area contributed by atoms with Gasteiger partial charge in [-0.25, -0.2) is 0 Å². The fraction of sp³-hybridized carbons (Fsp3) is 0.412. The van der Waals surface area contributed by atoms with Crippen LogP contribution in [0.1, 0.15) is 25.1 Å². The van der Waals surface area contributed by atoms with Crippen LogP contribution in [0.3, 0.4) is 0 Å². The second kappa shape index (κ2) is 6.68. The van der Waals surface area contributed by atoms with Crippen molar-refractivity contribution in [2.24, 2.45) is 5.92 Å². The number of rotatable bonds is 6. The van der Waals surface area contributed by atoms with E-state index in [1.165, 1.54) is 5.56 Å². The van der Waals surface area contributed by atoms with E-state index < -0.39 is 5.97 Å². The number of carbonyl (C=O) groups is 1. The lowest BCUT2D eigenvalue weighted by Crippen LogP contribution is -2.31. The Labute approximate surface area is 125 Å². The van der Waals surface area contributed by atoms with Gasteiger partial charge in [-0.05, 0) is 31.2 Å². The Morgan fingerprint density at radius 1 is 1.38 bits per heavy atom. The molecule has 1 atom stereocenters. The van der Waals surface area contributed by atoms with Crippen molar-refractivity contribution in [2.45, 2.75) is 27.3 Å². The fourth-order valence-electron chi connectivity index (χ4n) is 2.54. The fourth-order valence-corrected chi connectivity index (χ4v) is 2.54. The van der Waals surface area contributed by atoms with Gasteiger partial charge in [-0.2, -0.15) is 0 Å². The summed E-state index contributed by atoms with van der Waals surface area (Å²) < 4.78 is 0. The average molecular weight is 286 g/mol. The first-order valence-electron chi connectivity index (χ1n) is 7.31. The molecular weight excluding hydrogens is 264 g/mol. The largest absolute Gasteiger partial charge is 0.481 e. The number of fused-ring (bicyclic) bond motifs is 1. The summed E-state index contributed by atoms with van der Waals surface area (Å²) >= 11 is 0. The Balaban J connectivity index is 2.27.